The fourth-order valence-corrected chi connectivity index (χ4v) is 3.04. The van der Waals surface area contributed by atoms with Crippen LogP contribution in [0.1, 0.15) is 25.5 Å². The summed E-state index contributed by atoms with van der Waals surface area (Å²) >= 11 is 0. The Bertz CT molecular complexity index is 836. The zero-order chi connectivity index (χ0) is 17.3. The number of nitrogens with one attached hydrogen (secondary N) is 1. The van der Waals surface area contributed by atoms with Gasteiger partial charge in [0.2, 0.25) is 0 Å². The molecule has 2 amide bonds. The number of benzene rings is 2. The van der Waals surface area contributed by atoms with Crippen molar-refractivity contribution in [3.8, 4) is 0 Å². The minimum absolute atomic E-state index is 0.238. The molecule has 0 spiro atoms. The standard InChI is InChI=1S/C19H20N2O3/c1-4-24-18(22)16-12(2)21(3)19(23)20-17(16)15-11-7-9-13-8-5-6-10-14(13)15/h5-11,17H,4H2,1-3H3,(H,20,23)/t17-/m1/s1. The molecule has 5 heteroatoms. The first-order chi connectivity index (χ1) is 11.5. The maximum absolute atomic E-state index is 12.5. The smallest absolute Gasteiger partial charge is 0.338 e. The number of nitrogens with zero attached hydrogens (tertiary/aromatic N) is 1. The van der Waals surface area contributed by atoms with Crippen molar-refractivity contribution < 1.29 is 14.3 Å². The molecule has 0 fully saturated rings. The third kappa shape index (κ3) is 2.62. The minimum Gasteiger partial charge on any atom is -0.463 e. The predicted octanol–water partition coefficient (Wildman–Crippen LogP) is 3.37. The van der Waals surface area contributed by atoms with Gasteiger partial charge in [-0.2, -0.15) is 0 Å². The van der Waals surface area contributed by atoms with E-state index in [1.165, 1.54) is 4.90 Å². The molecule has 0 radical (unpaired) electrons. The van der Waals surface area contributed by atoms with Crippen LogP contribution in [0.2, 0.25) is 0 Å². The Balaban J connectivity index is 2.19. The third-order valence-corrected chi connectivity index (χ3v) is 4.38. The molecule has 1 aliphatic rings. The van der Waals surface area contributed by atoms with E-state index in [0.29, 0.717) is 11.3 Å². The topological polar surface area (TPSA) is 58.6 Å². The number of hydrogen-bond acceptors (Lipinski definition) is 3. The van der Waals surface area contributed by atoms with Gasteiger partial charge < -0.3 is 15.0 Å². The summed E-state index contributed by atoms with van der Waals surface area (Å²) in [7, 11) is 1.64. The highest BCUT2D eigenvalue weighted by atomic mass is 16.5. The van der Waals surface area contributed by atoms with Crippen LogP contribution in [0.5, 0.6) is 0 Å². The average molecular weight is 324 g/mol. The van der Waals surface area contributed by atoms with Crippen LogP contribution < -0.4 is 5.32 Å². The average Bonchev–Trinajstić information content (AvgIpc) is 2.59. The first-order valence-electron chi connectivity index (χ1n) is 7.94. The summed E-state index contributed by atoms with van der Waals surface area (Å²) in [6, 6.07) is 13.0. The van der Waals surface area contributed by atoms with Crippen molar-refractivity contribution in [2.75, 3.05) is 13.7 Å². The molecule has 1 heterocycles. The molecular formula is C19H20N2O3. The zero-order valence-corrected chi connectivity index (χ0v) is 14.0. The lowest BCUT2D eigenvalue weighted by Gasteiger charge is -2.33. The quantitative estimate of drug-likeness (QED) is 0.881. The summed E-state index contributed by atoms with van der Waals surface area (Å²) in [6.07, 6.45) is 0. The molecule has 0 unspecified atom stereocenters. The molecule has 0 saturated carbocycles. The Morgan fingerprint density at radius 1 is 1.21 bits per heavy atom. The van der Waals surface area contributed by atoms with Gasteiger partial charge in [0.25, 0.3) is 0 Å². The Kier molecular flexibility index (Phi) is 4.25. The van der Waals surface area contributed by atoms with Crippen molar-refractivity contribution in [2.45, 2.75) is 19.9 Å². The number of urea groups is 1. The summed E-state index contributed by atoms with van der Waals surface area (Å²) in [4.78, 5) is 26.2. The van der Waals surface area contributed by atoms with Crippen LogP contribution >= 0.6 is 0 Å². The van der Waals surface area contributed by atoms with Crippen molar-refractivity contribution >= 4 is 22.8 Å². The fourth-order valence-electron chi connectivity index (χ4n) is 3.04. The number of esters is 1. The largest absolute Gasteiger partial charge is 0.463 e. The second-order valence-corrected chi connectivity index (χ2v) is 5.73. The van der Waals surface area contributed by atoms with E-state index in [0.717, 1.165) is 16.3 Å². The second kappa shape index (κ2) is 6.35. The summed E-state index contributed by atoms with van der Waals surface area (Å²) in [5.74, 6) is -0.403. The van der Waals surface area contributed by atoms with E-state index in [2.05, 4.69) is 5.32 Å². The van der Waals surface area contributed by atoms with E-state index in [-0.39, 0.29) is 12.6 Å². The normalized spacial score (nSPS) is 17.9. The van der Waals surface area contributed by atoms with Crippen LogP contribution in [0.25, 0.3) is 10.8 Å². The fraction of sp³-hybridized carbons (Fsp3) is 0.263. The van der Waals surface area contributed by atoms with Gasteiger partial charge in [0, 0.05) is 12.7 Å². The number of rotatable bonds is 3. The van der Waals surface area contributed by atoms with Gasteiger partial charge in [-0.05, 0) is 30.2 Å². The number of carbonyl (C=O) groups is 2. The zero-order valence-electron chi connectivity index (χ0n) is 14.0. The highest BCUT2D eigenvalue weighted by molar-refractivity contribution is 5.97. The SMILES string of the molecule is CCOC(=O)C1=C(C)N(C)C(=O)N[C@@H]1c1cccc2ccccc12. The van der Waals surface area contributed by atoms with E-state index in [4.69, 9.17) is 4.74 Å². The number of fused-ring (bicyclic) bond motifs is 1. The van der Waals surface area contributed by atoms with Crippen molar-refractivity contribution in [3.63, 3.8) is 0 Å². The maximum atomic E-state index is 12.5. The van der Waals surface area contributed by atoms with Crippen molar-refractivity contribution in [3.05, 3.63) is 59.3 Å². The number of amides is 2. The summed E-state index contributed by atoms with van der Waals surface area (Å²) in [5, 5.41) is 4.99. The lowest BCUT2D eigenvalue weighted by atomic mass is 9.91. The lowest BCUT2D eigenvalue weighted by Crippen LogP contribution is -2.46. The maximum Gasteiger partial charge on any atom is 0.338 e. The monoisotopic (exact) mass is 324 g/mol. The van der Waals surface area contributed by atoms with Gasteiger partial charge in [-0.3, -0.25) is 0 Å². The molecule has 124 valence electrons. The first-order valence-corrected chi connectivity index (χ1v) is 7.94. The lowest BCUT2D eigenvalue weighted by molar-refractivity contribution is -0.139. The number of ether oxygens (including phenoxy) is 1. The van der Waals surface area contributed by atoms with Gasteiger partial charge >= 0.3 is 12.0 Å². The molecule has 1 N–H and O–H groups in total. The number of carbonyl (C=O) groups excluding carboxylic acids is 2. The van der Waals surface area contributed by atoms with E-state index >= 15 is 0 Å². The Hall–Kier alpha value is -2.82. The van der Waals surface area contributed by atoms with Gasteiger partial charge in [0.15, 0.2) is 0 Å². The van der Waals surface area contributed by atoms with Crippen molar-refractivity contribution in [1.82, 2.24) is 10.2 Å². The van der Waals surface area contributed by atoms with Gasteiger partial charge in [-0.1, -0.05) is 42.5 Å². The summed E-state index contributed by atoms with van der Waals surface area (Å²) in [5.41, 5.74) is 1.96. The molecule has 0 saturated heterocycles. The Labute approximate surface area is 140 Å². The van der Waals surface area contributed by atoms with E-state index in [1.54, 1.807) is 20.9 Å². The van der Waals surface area contributed by atoms with E-state index < -0.39 is 12.0 Å². The van der Waals surface area contributed by atoms with Gasteiger partial charge in [0.05, 0.1) is 18.2 Å². The molecule has 0 aromatic heterocycles. The first kappa shape index (κ1) is 16.1. The molecule has 3 rings (SSSR count). The molecule has 0 aliphatic carbocycles. The van der Waals surface area contributed by atoms with Crippen LogP contribution in [0, 0.1) is 0 Å². The van der Waals surface area contributed by atoms with Crippen molar-refractivity contribution in [1.29, 1.82) is 0 Å². The second-order valence-electron chi connectivity index (χ2n) is 5.73. The molecule has 24 heavy (non-hydrogen) atoms. The molecule has 0 bridgehead atoms. The van der Waals surface area contributed by atoms with Gasteiger partial charge in [-0.15, -0.1) is 0 Å². The van der Waals surface area contributed by atoms with Crippen molar-refractivity contribution in [2.24, 2.45) is 0 Å². The van der Waals surface area contributed by atoms with Crippen LogP contribution in [0.4, 0.5) is 4.79 Å². The van der Waals surface area contributed by atoms with Gasteiger partial charge in [-0.25, -0.2) is 9.59 Å². The Morgan fingerprint density at radius 3 is 2.67 bits per heavy atom. The van der Waals surface area contributed by atoms with Crippen LogP contribution in [-0.4, -0.2) is 30.6 Å². The highest BCUT2D eigenvalue weighted by Gasteiger charge is 2.35. The molecule has 2 aromatic rings. The van der Waals surface area contributed by atoms with Gasteiger partial charge in [0.1, 0.15) is 0 Å². The van der Waals surface area contributed by atoms with Crippen LogP contribution in [0.3, 0.4) is 0 Å². The Morgan fingerprint density at radius 2 is 1.92 bits per heavy atom. The number of allylic oxidation sites excluding steroid dienone is 1. The van der Waals surface area contributed by atoms with Crippen LogP contribution in [0.15, 0.2) is 53.7 Å². The molecule has 1 aliphatic heterocycles. The molecule has 2 aromatic carbocycles. The third-order valence-electron chi connectivity index (χ3n) is 4.38. The number of hydrogen-bond donors (Lipinski definition) is 1. The molecule has 5 nitrogen and oxygen atoms in total. The highest BCUT2D eigenvalue weighted by Crippen LogP contribution is 2.34. The van der Waals surface area contributed by atoms with E-state index in [1.807, 2.05) is 42.5 Å². The minimum atomic E-state index is -0.529. The molecular weight excluding hydrogens is 304 g/mol. The summed E-state index contributed by atoms with van der Waals surface area (Å²) in [6.45, 7) is 3.82. The molecule has 1 atom stereocenters. The summed E-state index contributed by atoms with van der Waals surface area (Å²) < 4.78 is 5.22. The van der Waals surface area contributed by atoms with E-state index in [9.17, 15) is 9.59 Å². The van der Waals surface area contributed by atoms with Crippen LogP contribution in [-0.2, 0) is 9.53 Å². The predicted molar refractivity (Wildman–Crippen MR) is 92.3 cm³/mol.